The topological polar surface area (TPSA) is 89.4 Å². The van der Waals surface area contributed by atoms with Gasteiger partial charge in [0.2, 0.25) is 10.0 Å². The van der Waals surface area contributed by atoms with Crippen LogP contribution >= 0.6 is 0 Å². The highest BCUT2D eigenvalue weighted by Crippen LogP contribution is 2.26. The molecule has 4 N–H and O–H groups in total. The van der Waals surface area contributed by atoms with Crippen molar-refractivity contribution in [3.05, 3.63) is 24.3 Å². The molecule has 0 radical (unpaired) electrons. The van der Waals surface area contributed by atoms with E-state index in [9.17, 15) is 8.42 Å². The minimum absolute atomic E-state index is 0.137. The second-order valence-corrected chi connectivity index (χ2v) is 6.73. The first-order valence-corrected chi connectivity index (χ1v) is 8.05. The smallest absolute Gasteiger partial charge is 0.238 e. The van der Waals surface area contributed by atoms with E-state index < -0.39 is 10.0 Å². The maximum absolute atomic E-state index is 11.2. The summed E-state index contributed by atoms with van der Waals surface area (Å²) in [7, 11) is -1.62. The number of benzene rings is 1. The molecule has 1 fully saturated rings. The first-order chi connectivity index (χ1) is 8.89. The molecule has 0 amide bonds. The molecule has 1 aliphatic rings. The minimum atomic E-state index is -3.62. The molecule has 0 aromatic heterocycles. The van der Waals surface area contributed by atoms with E-state index in [1.54, 1.807) is 12.1 Å². The van der Waals surface area contributed by atoms with Gasteiger partial charge in [0.15, 0.2) is 0 Å². The highest BCUT2D eigenvalue weighted by molar-refractivity contribution is 7.89. The molecule has 0 aliphatic heterocycles. The number of likely N-dealkylation sites (N-methyl/N-ethyl adjacent to an activating group) is 1. The van der Waals surface area contributed by atoms with Gasteiger partial charge < -0.3 is 10.6 Å². The molecule has 106 valence electrons. The molecule has 1 aliphatic carbocycles. The van der Waals surface area contributed by atoms with Crippen LogP contribution in [0, 0.1) is 0 Å². The Morgan fingerprint density at radius 2 is 1.74 bits per heavy atom. The van der Waals surface area contributed by atoms with Gasteiger partial charge in [-0.05, 0) is 37.1 Å². The zero-order valence-corrected chi connectivity index (χ0v) is 11.9. The third kappa shape index (κ3) is 3.26. The van der Waals surface area contributed by atoms with Crippen molar-refractivity contribution in [3.8, 4) is 0 Å². The number of hydrogen-bond acceptors (Lipinski definition) is 4. The van der Waals surface area contributed by atoms with E-state index in [4.69, 9.17) is 10.9 Å². The third-order valence-corrected chi connectivity index (χ3v) is 4.78. The molecule has 0 saturated heterocycles. The van der Waals surface area contributed by atoms with Crippen molar-refractivity contribution in [1.29, 1.82) is 0 Å². The van der Waals surface area contributed by atoms with Crippen LogP contribution < -0.4 is 15.8 Å². The largest absolute Gasteiger partial charge is 0.370 e. The maximum Gasteiger partial charge on any atom is 0.238 e. The van der Waals surface area contributed by atoms with Gasteiger partial charge >= 0.3 is 0 Å². The summed E-state index contributed by atoms with van der Waals surface area (Å²) in [5.41, 5.74) is 7.13. The Kier molecular flexibility index (Phi) is 4.13. The number of anilines is 1. The van der Waals surface area contributed by atoms with Crippen molar-refractivity contribution in [3.63, 3.8) is 0 Å². The molecular weight excluding hydrogens is 262 g/mol. The van der Waals surface area contributed by atoms with E-state index >= 15 is 0 Å². The number of sulfonamides is 1. The molecule has 19 heavy (non-hydrogen) atoms. The number of hydrogen-bond donors (Lipinski definition) is 2. The summed E-state index contributed by atoms with van der Waals surface area (Å²) in [5.74, 6) is 0. The Labute approximate surface area is 114 Å². The van der Waals surface area contributed by atoms with Crippen molar-refractivity contribution < 1.29 is 8.42 Å². The predicted molar refractivity (Wildman–Crippen MR) is 76.4 cm³/mol. The lowest BCUT2D eigenvalue weighted by Gasteiger charge is -2.37. The number of nitrogens with zero attached hydrogens (tertiary/aromatic N) is 1. The molecule has 2 unspecified atom stereocenters. The molecule has 1 aromatic rings. The second-order valence-electron chi connectivity index (χ2n) is 5.17. The van der Waals surface area contributed by atoms with Crippen molar-refractivity contribution in [2.75, 3.05) is 11.9 Å². The van der Waals surface area contributed by atoms with Crippen molar-refractivity contribution in [2.24, 2.45) is 10.9 Å². The number of primary sulfonamides is 1. The summed E-state index contributed by atoms with van der Waals surface area (Å²) in [5, 5.41) is 5.09. The van der Waals surface area contributed by atoms with E-state index in [1.807, 2.05) is 7.05 Å². The lowest BCUT2D eigenvalue weighted by Crippen LogP contribution is -2.48. The van der Waals surface area contributed by atoms with Crippen LogP contribution in [0.15, 0.2) is 29.2 Å². The monoisotopic (exact) mass is 283 g/mol. The SMILES string of the molecule is CN(c1ccc(S(N)(=O)=O)cc1)C1CCCCC1N. The van der Waals surface area contributed by atoms with E-state index in [1.165, 1.54) is 25.0 Å². The zero-order chi connectivity index (χ0) is 14.0. The lowest BCUT2D eigenvalue weighted by molar-refractivity contribution is 0.373. The lowest BCUT2D eigenvalue weighted by atomic mass is 9.90. The second kappa shape index (κ2) is 5.48. The standard InChI is InChI=1S/C13H21N3O2S/c1-16(13-5-3-2-4-12(13)14)10-6-8-11(9-7-10)19(15,17)18/h6-9,12-13H,2-5,14H2,1H3,(H2,15,17,18). The van der Waals surface area contributed by atoms with Gasteiger partial charge in [-0.15, -0.1) is 0 Å². The Morgan fingerprint density at radius 3 is 2.26 bits per heavy atom. The summed E-state index contributed by atoms with van der Waals surface area (Å²) in [6.07, 6.45) is 4.51. The van der Waals surface area contributed by atoms with Gasteiger partial charge in [0, 0.05) is 24.8 Å². The third-order valence-electron chi connectivity index (χ3n) is 3.85. The molecule has 6 heteroatoms. The fourth-order valence-corrected chi connectivity index (χ4v) is 3.20. The Hall–Kier alpha value is -1.11. The number of rotatable bonds is 3. The highest BCUT2D eigenvalue weighted by atomic mass is 32.2. The van der Waals surface area contributed by atoms with Gasteiger partial charge in [-0.3, -0.25) is 0 Å². The molecule has 0 bridgehead atoms. The van der Waals surface area contributed by atoms with Gasteiger partial charge in [-0.25, -0.2) is 13.6 Å². The average Bonchev–Trinajstić information content (AvgIpc) is 2.38. The van der Waals surface area contributed by atoms with Gasteiger partial charge in [0.25, 0.3) is 0 Å². The zero-order valence-electron chi connectivity index (χ0n) is 11.1. The van der Waals surface area contributed by atoms with Crippen LogP contribution in [-0.4, -0.2) is 27.5 Å². The molecule has 2 rings (SSSR count). The fourth-order valence-electron chi connectivity index (χ4n) is 2.68. The van der Waals surface area contributed by atoms with Crippen LogP contribution in [-0.2, 0) is 10.0 Å². The minimum Gasteiger partial charge on any atom is -0.370 e. The van der Waals surface area contributed by atoms with Gasteiger partial charge in [-0.1, -0.05) is 12.8 Å². The quantitative estimate of drug-likeness (QED) is 0.867. The van der Waals surface area contributed by atoms with Crippen LogP contribution in [0.5, 0.6) is 0 Å². The first kappa shape index (κ1) is 14.3. The molecular formula is C13H21N3O2S. The molecule has 5 nitrogen and oxygen atoms in total. The molecule has 1 saturated carbocycles. The van der Waals surface area contributed by atoms with E-state index in [0.29, 0.717) is 6.04 Å². The van der Waals surface area contributed by atoms with Crippen molar-refractivity contribution >= 4 is 15.7 Å². The highest BCUT2D eigenvalue weighted by Gasteiger charge is 2.25. The number of nitrogens with two attached hydrogens (primary N) is 2. The van der Waals surface area contributed by atoms with Gasteiger partial charge in [0.05, 0.1) is 4.90 Å². The van der Waals surface area contributed by atoms with Crippen molar-refractivity contribution in [1.82, 2.24) is 0 Å². The molecule has 2 atom stereocenters. The summed E-state index contributed by atoms with van der Waals surface area (Å²) in [6.45, 7) is 0. The van der Waals surface area contributed by atoms with Crippen molar-refractivity contribution in [2.45, 2.75) is 42.7 Å². The predicted octanol–water partition coefficient (Wildman–Crippen LogP) is 1.04. The van der Waals surface area contributed by atoms with Crippen LogP contribution in [0.25, 0.3) is 0 Å². The van der Waals surface area contributed by atoms with E-state index in [0.717, 1.165) is 18.5 Å². The summed E-state index contributed by atoms with van der Waals surface area (Å²) in [6, 6.07) is 7.12. The Bertz CT molecular complexity index is 527. The van der Waals surface area contributed by atoms with E-state index in [2.05, 4.69) is 4.90 Å². The molecule has 1 aromatic carbocycles. The fraction of sp³-hybridized carbons (Fsp3) is 0.538. The van der Waals surface area contributed by atoms with Gasteiger partial charge in [-0.2, -0.15) is 0 Å². The first-order valence-electron chi connectivity index (χ1n) is 6.51. The van der Waals surface area contributed by atoms with Crippen LogP contribution in [0.2, 0.25) is 0 Å². The van der Waals surface area contributed by atoms with Gasteiger partial charge in [0.1, 0.15) is 0 Å². The summed E-state index contributed by atoms with van der Waals surface area (Å²) < 4.78 is 22.4. The molecule has 0 heterocycles. The summed E-state index contributed by atoms with van der Waals surface area (Å²) in [4.78, 5) is 2.27. The molecule has 0 spiro atoms. The maximum atomic E-state index is 11.2. The summed E-state index contributed by atoms with van der Waals surface area (Å²) >= 11 is 0. The average molecular weight is 283 g/mol. The Balaban J connectivity index is 2.17. The van der Waals surface area contributed by atoms with Crippen LogP contribution in [0.1, 0.15) is 25.7 Å². The van der Waals surface area contributed by atoms with Crippen LogP contribution in [0.4, 0.5) is 5.69 Å². The normalized spacial score (nSPS) is 24.2. The Morgan fingerprint density at radius 1 is 1.16 bits per heavy atom. The van der Waals surface area contributed by atoms with Crippen LogP contribution in [0.3, 0.4) is 0 Å². The van der Waals surface area contributed by atoms with E-state index in [-0.39, 0.29) is 10.9 Å².